The number of carboxylic acids is 1. The van der Waals surface area contributed by atoms with Crippen molar-refractivity contribution in [3.63, 3.8) is 0 Å². The Hall–Kier alpha value is -3.79. The van der Waals surface area contributed by atoms with Crippen LogP contribution >= 0.6 is 0 Å². The molecule has 16 nitrogen and oxygen atoms in total. The molecule has 3 N–H and O–H groups in total. The summed E-state index contributed by atoms with van der Waals surface area (Å²) >= 11 is 0. The van der Waals surface area contributed by atoms with E-state index in [1.807, 2.05) is 41.5 Å². The molecule has 1 aliphatic rings. The second-order valence-corrected chi connectivity index (χ2v) is 30.4. The molecule has 16 heteroatoms. The fourth-order valence-electron chi connectivity index (χ4n) is 14.3. The van der Waals surface area contributed by atoms with E-state index in [2.05, 4.69) is 48.1 Å². The van der Waals surface area contributed by atoms with Gasteiger partial charge in [-0.1, -0.05) is 170 Å². The summed E-state index contributed by atoms with van der Waals surface area (Å²) < 4.78 is 22.8. The number of carbonyl (C=O) groups is 7. The number of hydrogen-bond acceptors (Lipinski definition) is 13. The normalized spacial score (nSPS) is 18.4. The summed E-state index contributed by atoms with van der Waals surface area (Å²) in [5.41, 5.74) is -3.34. The highest BCUT2D eigenvalue weighted by Gasteiger charge is 2.57. The van der Waals surface area contributed by atoms with Gasteiger partial charge in [0, 0.05) is 49.6 Å². The minimum atomic E-state index is -1.25. The van der Waals surface area contributed by atoms with Crippen LogP contribution in [0.15, 0.2) is 0 Å². The van der Waals surface area contributed by atoms with Crippen molar-refractivity contribution in [3.05, 3.63) is 0 Å². The van der Waals surface area contributed by atoms with Crippen LogP contribution in [0.1, 0.15) is 378 Å². The van der Waals surface area contributed by atoms with Crippen LogP contribution in [0.5, 0.6) is 0 Å². The first-order chi connectivity index (χ1) is 46.0. The third-order valence-electron chi connectivity index (χ3n) is 19.9. The van der Waals surface area contributed by atoms with Gasteiger partial charge in [0.2, 0.25) is 11.8 Å². The zero-order valence-corrected chi connectivity index (χ0v) is 64.0. The molecule has 0 saturated heterocycles. The number of nitrogens with zero attached hydrogens (tertiary/aromatic N) is 2. The molecule has 0 radical (unpaired) electrons. The number of amides is 2. The van der Waals surface area contributed by atoms with Gasteiger partial charge in [0.25, 0.3) is 0 Å². The van der Waals surface area contributed by atoms with Crippen molar-refractivity contribution in [2.24, 2.45) is 16.2 Å². The second kappa shape index (κ2) is 56.9. The van der Waals surface area contributed by atoms with Gasteiger partial charge in [-0.25, -0.2) is 0 Å². The van der Waals surface area contributed by atoms with Crippen molar-refractivity contribution in [1.82, 2.24) is 20.4 Å². The summed E-state index contributed by atoms with van der Waals surface area (Å²) in [4.78, 5) is 96.5. The first-order valence-corrected chi connectivity index (χ1v) is 40.1. The van der Waals surface area contributed by atoms with E-state index in [0.29, 0.717) is 38.8 Å². The van der Waals surface area contributed by atoms with Crippen molar-refractivity contribution >= 4 is 41.7 Å². The highest BCUT2D eigenvalue weighted by Crippen LogP contribution is 2.55. The number of aliphatic carboxylic acids is 1. The molecule has 0 aliphatic heterocycles. The number of carboxylic acid groups (broad SMARTS) is 1. The van der Waals surface area contributed by atoms with Gasteiger partial charge in [-0.05, 0) is 222 Å². The number of hydrogen-bond donors (Lipinski definition) is 3. The number of rotatable bonds is 65. The van der Waals surface area contributed by atoms with E-state index in [0.717, 1.165) is 219 Å². The minimum Gasteiger partial charge on any atom is -0.481 e. The Labute approximate surface area is 588 Å². The molecule has 0 aromatic carbocycles. The molecule has 0 aromatic heterocycles. The molecule has 1 saturated carbocycles. The Morgan fingerprint density at radius 1 is 0.323 bits per heavy atom. The van der Waals surface area contributed by atoms with E-state index in [1.165, 1.54) is 77.0 Å². The largest absolute Gasteiger partial charge is 0.481 e. The summed E-state index contributed by atoms with van der Waals surface area (Å²) in [6.07, 6.45) is 43.3. The maximum Gasteiger partial charge on any atom is 0.309 e. The molecular weight excluding hydrogens is 1210 g/mol. The van der Waals surface area contributed by atoms with Crippen LogP contribution in [-0.2, 0) is 52.5 Å². The molecular formula is C80H150N4O12. The van der Waals surface area contributed by atoms with Crippen LogP contribution < -0.4 is 10.6 Å². The fourth-order valence-corrected chi connectivity index (χ4v) is 14.3. The number of esters is 4. The van der Waals surface area contributed by atoms with Crippen molar-refractivity contribution in [2.45, 2.75) is 402 Å². The van der Waals surface area contributed by atoms with Gasteiger partial charge < -0.3 is 44.5 Å². The van der Waals surface area contributed by atoms with E-state index < -0.39 is 22.2 Å². The minimum absolute atomic E-state index is 0.0330. The van der Waals surface area contributed by atoms with Crippen molar-refractivity contribution in [3.8, 4) is 0 Å². The van der Waals surface area contributed by atoms with Gasteiger partial charge in [-0.15, -0.1) is 0 Å². The molecule has 1 rings (SSSR count). The molecule has 562 valence electrons. The number of ether oxygens (including phenoxy) is 4. The van der Waals surface area contributed by atoms with Crippen LogP contribution in [0.3, 0.4) is 0 Å². The fraction of sp³-hybridized carbons (Fsp3) is 0.912. The highest BCUT2D eigenvalue weighted by molar-refractivity contribution is 5.89. The van der Waals surface area contributed by atoms with Gasteiger partial charge in [-0.3, -0.25) is 33.6 Å². The van der Waals surface area contributed by atoms with Gasteiger partial charge in [0.1, 0.15) is 0 Å². The van der Waals surface area contributed by atoms with Crippen molar-refractivity contribution in [1.29, 1.82) is 0 Å². The van der Waals surface area contributed by atoms with Crippen LogP contribution in [0.25, 0.3) is 0 Å². The van der Waals surface area contributed by atoms with Crippen LogP contribution in [0, 0.1) is 16.2 Å². The molecule has 0 bridgehead atoms. The smallest absolute Gasteiger partial charge is 0.309 e. The Bertz CT molecular complexity index is 1810. The Morgan fingerprint density at radius 3 is 0.781 bits per heavy atom. The summed E-state index contributed by atoms with van der Waals surface area (Å²) in [5, 5.41) is 16.9. The van der Waals surface area contributed by atoms with Crippen LogP contribution in [-0.4, -0.2) is 133 Å². The Balaban J connectivity index is 2.74. The molecule has 6 unspecified atom stereocenters. The zero-order chi connectivity index (χ0) is 71.1. The number of unbranched alkanes of at least 4 members (excludes halogenated alkanes) is 26. The Kier molecular flexibility index (Phi) is 53.5. The molecule has 0 heterocycles. The lowest BCUT2D eigenvalue weighted by Gasteiger charge is -2.49. The third kappa shape index (κ3) is 46.5. The average Bonchev–Trinajstić information content (AvgIpc) is 0.747. The maximum absolute atomic E-state index is 14.1. The first kappa shape index (κ1) is 90.2. The SMILES string of the molecule is CCCCCCC(C)OC(=O)CCCCCN(CCCCCCNC(=O)C1(C)CC(C)(C(=O)O)CC(C)(C(=O)NCCCCCCN(CCCCCC(=O)OC(C)CCCCCC)CCCCCC(=O)OC(C)CCCCCC)C1)CCCCCC(=O)OC(C)CCCCCC. The zero-order valence-electron chi connectivity index (χ0n) is 64.0. The van der Waals surface area contributed by atoms with Crippen LogP contribution in [0.2, 0.25) is 0 Å². The molecule has 0 aromatic rings. The van der Waals surface area contributed by atoms with Crippen molar-refractivity contribution < 1.29 is 57.6 Å². The van der Waals surface area contributed by atoms with E-state index >= 15 is 0 Å². The Morgan fingerprint density at radius 2 is 0.542 bits per heavy atom. The molecule has 96 heavy (non-hydrogen) atoms. The van der Waals surface area contributed by atoms with Gasteiger partial charge >= 0.3 is 29.8 Å². The summed E-state index contributed by atoms with van der Waals surface area (Å²) in [6.45, 7) is 28.8. The quantitative estimate of drug-likeness (QED) is 0.0294. The molecule has 1 fully saturated rings. The summed E-state index contributed by atoms with van der Waals surface area (Å²) in [6, 6.07) is 0. The van der Waals surface area contributed by atoms with E-state index in [4.69, 9.17) is 18.9 Å². The van der Waals surface area contributed by atoms with E-state index in [1.54, 1.807) is 6.92 Å². The number of nitrogens with one attached hydrogen (secondary N) is 2. The third-order valence-corrected chi connectivity index (χ3v) is 19.9. The second-order valence-electron chi connectivity index (χ2n) is 30.4. The lowest BCUT2D eigenvalue weighted by molar-refractivity contribution is -0.164. The van der Waals surface area contributed by atoms with E-state index in [-0.39, 0.29) is 79.4 Å². The van der Waals surface area contributed by atoms with Crippen LogP contribution in [0.4, 0.5) is 0 Å². The molecule has 0 spiro atoms. The maximum atomic E-state index is 14.1. The number of carbonyl (C=O) groups excluding carboxylic acids is 6. The molecule has 1 aliphatic carbocycles. The predicted octanol–water partition coefficient (Wildman–Crippen LogP) is 19.1. The monoisotopic (exact) mass is 1360 g/mol. The topological polar surface area (TPSA) is 207 Å². The standard InChI is InChI=1S/C80H150N4O12/c1-12-16-20-32-48-67(5)93-71(85)52-36-28-44-60-83(61-45-29-37-53-72(86)94-68(6)49-33-21-17-13-2)58-42-26-24-40-56-81-75(89)78(9)64-79(10,66-80(11,65-78)77(91)92)76(90)82-57-41-25-27-43-59-84(62-46-30-38-54-73(87)95-69(7)50-34-22-18-14-3)63-47-31-39-55-74(88)96-70(8)51-35-23-19-15-4/h67-70H,12-66H2,1-11H3,(H,81,89)(H,82,90)(H,91,92). The van der Waals surface area contributed by atoms with Crippen molar-refractivity contribution in [2.75, 3.05) is 52.4 Å². The van der Waals surface area contributed by atoms with E-state index in [9.17, 15) is 38.7 Å². The summed E-state index contributed by atoms with van der Waals surface area (Å²) in [7, 11) is 0. The van der Waals surface area contributed by atoms with Gasteiger partial charge in [-0.2, -0.15) is 0 Å². The average molecular weight is 1360 g/mol. The lowest BCUT2D eigenvalue weighted by Crippen LogP contribution is -2.56. The molecule has 6 atom stereocenters. The predicted molar refractivity (Wildman–Crippen MR) is 393 cm³/mol. The van der Waals surface area contributed by atoms with Gasteiger partial charge in [0.15, 0.2) is 0 Å². The van der Waals surface area contributed by atoms with Gasteiger partial charge in [0.05, 0.1) is 29.8 Å². The lowest BCUT2D eigenvalue weighted by atomic mass is 9.54. The summed E-state index contributed by atoms with van der Waals surface area (Å²) in [5.74, 6) is -1.76. The molecule has 2 amide bonds. The first-order valence-electron chi connectivity index (χ1n) is 40.1. The highest BCUT2D eigenvalue weighted by atomic mass is 16.6.